The minimum atomic E-state index is -0.246. The van der Waals surface area contributed by atoms with Crippen LogP contribution in [0.3, 0.4) is 0 Å². The zero-order chi connectivity index (χ0) is 13.7. The second kappa shape index (κ2) is 7.17. The van der Waals surface area contributed by atoms with E-state index in [1.54, 1.807) is 12.1 Å². The third-order valence-corrected chi connectivity index (χ3v) is 4.28. The molecule has 2 nitrogen and oxygen atoms in total. The van der Waals surface area contributed by atoms with Gasteiger partial charge in [0.2, 0.25) is 0 Å². The van der Waals surface area contributed by atoms with Gasteiger partial charge in [-0.05, 0) is 59.3 Å². The Morgan fingerprint density at radius 1 is 1.21 bits per heavy atom. The fourth-order valence-electron chi connectivity index (χ4n) is 2.59. The van der Waals surface area contributed by atoms with Gasteiger partial charge in [0.25, 0.3) is 0 Å². The maximum absolute atomic E-state index is 13.7. The van der Waals surface area contributed by atoms with Crippen molar-refractivity contribution in [2.24, 2.45) is 5.84 Å². The summed E-state index contributed by atoms with van der Waals surface area (Å²) in [5.41, 5.74) is 5.00. The minimum Gasteiger partial charge on any atom is -0.271 e. The van der Waals surface area contributed by atoms with Crippen molar-refractivity contribution < 1.29 is 4.39 Å². The van der Waals surface area contributed by atoms with Crippen molar-refractivity contribution in [2.45, 2.75) is 44.6 Å². The van der Waals surface area contributed by atoms with Gasteiger partial charge in [-0.25, -0.2) is 9.82 Å². The third-order valence-electron chi connectivity index (χ3n) is 3.64. The zero-order valence-electron chi connectivity index (χ0n) is 11.0. The molecule has 3 N–H and O–H groups in total. The molecule has 0 bridgehead atoms. The standard InChI is InChI=1S/C15H20BrFN2/c16-13-9-8-12(10-14(13)17)15(19-18)11-6-4-2-1-3-5-7-11/h6,8-10,15,19H,1-5,7,18H2/b11-6+. The van der Waals surface area contributed by atoms with Gasteiger partial charge in [-0.15, -0.1) is 0 Å². The molecule has 104 valence electrons. The van der Waals surface area contributed by atoms with Crippen LogP contribution in [0.15, 0.2) is 34.3 Å². The summed E-state index contributed by atoms with van der Waals surface area (Å²) in [5.74, 6) is 5.44. The van der Waals surface area contributed by atoms with E-state index in [-0.39, 0.29) is 11.9 Å². The highest BCUT2D eigenvalue weighted by molar-refractivity contribution is 9.10. The molecule has 0 amide bonds. The molecule has 0 saturated heterocycles. The van der Waals surface area contributed by atoms with Crippen molar-refractivity contribution in [3.63, 3.8) is 0 Å². The van der Waals surface area contributed by atoms with Crippen LogP contribution in [0.25, 0.3) is 0 Å². The lowest BCUT2D eigenvalue weighted by Gasteiger charge is -2.22. The Bertz CT molecular complexity index is 459. The summed E-state index contributed by atoms with van der Waals surface area (Å²) in [4.78, 5) is 0. The monoisotopic (exact) mass is 326 g/mol. The number of benzene rings is 1. The highest BCUT2D eigenvalue weighted by atomic mass is 79.9. The largest absolute Gasteiger partial charge is 0.271 e. The van der Waals surface area contributed by atoms with E-state index in [1.165, 1.54) is 31.3 Å². The topological polar surface area (TPSA) is 38.0 Å². The Balaban J connectivity index is 2.24. The lowest BCUT2D eigenvalue weighted by atomic mass is 9.91. The normalized spacial score (nSPS) is 21.1. The number of hydrogen-bond acceptors (Lipinski definition) is 2. The number of hydrazine groups is 1. The van der Waals surface area contributed by atoms with E-state index >= 15 is 0 Å². The average Bonchev–Trinajstić information content (AvgIpc) is 2.36. The molecule has 0 spiro atoms. The van der Waals surface area contributed by atoms with Gasteiger partial charge in [0.15, 0.2) is 0 Å². The molecule has 1 atom stereocenters. The number of allylic oxidation sites excluding steroid dienone is 1. The molecule has 4 heteroatoms. The summed E-state index contributed by atoms with van der Waals surface area (Å²) in [7, 11) is 0. The lowest BCUT2D eigenvalue weighted by Crippen LogP contribution is -2.29. The first-order valence-corrected chi connectivity index (χ1v) is 7.61. The molecule has 19 heavy (non-hydrogen) atoms. The van der Waals surface area contributed by atoms with E-state index in [1.807, 2.05) is 6.07 Å². The van der Waals surface area contributed by atoms with Crippen molar-refractivity contribution in [3.8, 4) is 0 Å². The lowest BCUT2D eigenvalue weighted by molar-refractivity contribution is 0.550. The maximum Gasteiger partial charge on any atom is 0.137 e. The van der Waals surface area contributed by atoms with E-state index < -0.39 is 0 Å². The van der Waals surface area contributed by atoms with E-state index in [4.69, 9.17) is 5.84 Å². The van der Waals surface area contributed by atoms with Crippen LogP contribution in [0.1, 0.15) is 50.1 Å². The first kappa shape index (κ1) is 14.7. The Kier molecular flexibility index (Phi) is 5.55. The summed E-state index contributed by atoms with van der Waals surface area (Å²) in [5, 5.41) is 0. The number of nitrogens with two attached hydrogens (primary N) is 1. The fourth-order valence-corrected chi connectivity index (χ4v) is 2.83. The van der Waals surface area contributed by atoms with E-state index in [0.717, 1.165) is 18.4 Å². The van der Waals surface area contributed by atoms with Crippen LogP contribution in [-0.4, -0.2) is 0 Å². The van der Waals surface area contributed by atoms with Gasteiger partial charge >= 0.3 is 0 Å². The maximum atomic E-state index is 13.7. The van der Waals surface area contributed by atoms with Crippen LogP contribution >= 0.6 is 15.9 Å². The van der Waals surface area contributed by atoms with Gasteiger partial charge in [-0.1, -0.05) is 30.6 Å². The second-order valence-corrected chi connectivity index (χ2v) is 5.86. The smallest absolute Gasteiger partial charge is 0.137 e. The Morgan fingerprint density at radius 2 is 2.00 bits per heavy atom. The molecule has 1 aromatic rings. The molecule has 0 heterocycles. The average molecular weight is 327 g/mol. The Hall–Kier alpha value is -0.710. The molecule has 0 aliphatic heterocycles. The Morgan fingerprint density at radius 3 is 2.74 bits per heavy atom. The third kappa shape index (κ3) is 3.88. The molecule has 2 rings (SSSR count). The molecule has 0 radical (unpaired) electrons. The number of rotatable bonds is 3. The predicted molar refractivity (Wildman–Crippen MR) is 79.9 cm³/mol. The van der Waals surface area contributed by atoms with Gasteiger partial charge in [0.05, 0.1) is 10.5 Å². The first-order valence-electron chi connectivity index (χ1n) is 6.82. The quantitative estimate of drug-likeness (QED) is 0.491. The molecular formula is C15H20BrFN2. The van der Waals surface area contributed by atoms with Gasteiger partial charge in [-0.2, -0.15) is 0 Å². The molecule has 1 aliphatic rings. The fraction of sp³-hybridized carbons (Fsp3) is 0.467. The van der Waals surface area contributed by atoms with E-state index in [0.29, 0.717) is 4.47 Å². The Labute approximate surface area is 122 Å². The van der Waals surface area contributed by atoms with Crippen molar-refractivity contribution in [3.05, 3.63) is 45.7 Å². The molecule has 0 fully saturated rings. The van der Waals surface area contributed by atoms with E-state index in [2.05, 4.69) is 27.4 Å². The van der Waals surface area contributed by atoms with Crippen LogP contribution in [0, 0.1) is 5.82 Å². The molecule has 1 aliphatic carbocycles. The first-order chi connectivity index (χ1) is 9.22. The summed E-state index contributed by atoms with van der Waals surface area (Å²) in [6, 6.07) is 5.12. The SMILES string of the molecule is NNC(/C1=C/CCCCCC1)c1ccc(Br)c(F)c1. The van der Waals surface area contributed by atoms with Crippen LogP contribution < -0.4 is 11.3 Å². The van der Waals surface area contributed by atoms with E-state index in [9.17, 15) is 4.39 Å². The van der Waals surface area contributed by atoms with Crippen molar-refractivity contribution >= 4 is 15.9 Å². The van der Waals surface area contributed by atoms with Crippen LogP contribution in [0.2, 0.25) is 0 Å². The predicted octanol–water partition coefficient (Wildman–Crippen LogP) is 4.37. The van der Waals surface area contributed by atoms with Gasteiger partial charge in [-0.3, -0.25) is 5.84 Å². The summed E-state index contributed by atoms with van der Waals surface area (Å²) < 4.78 is 14.1. The van der Waals surface area contributed by atoms with Gasteiger partial charge < -0.3 is 0 Å². The number of nitrogens with one attached hydrogen (secondary N) is 1. The summed E-state index contributed by atoms with van der Waals surface area (Å²) in [6.45, 7) is 0. The minimum absolute atomic E-state index is 0.0827. The molecular weight excluding hydrogens is 307 g/mol. The molecule has 1 aromatic carbocycles. The van der Waals surface area contributed by atoms with Crippen molar-refractivity contribution in [2.75, 3.05) is 0 Å². The van der Waals surface area contributed by atoms with Gasteiger partial charge in [0.1, 0.15) is 5.82 Å². The highest BCUT2D eigenvalue weighted by Gasteiger charge is 2.17. The number of halogens is 2. The molecule has 1 unspecified atom stereocenters. The van der Waals surface area contributed by atoms with Crippen molar-refractivity contribution in [1.29, 1.82) is 0 Å². The second-order valence-electron chi connectivity index (χ2n) is 5.01. The van der Waals surface area contributed by atoms with Gasteiger partial charge in [0, 0.05) is 0 Å². The van der Waals surface area contributed by atoms with Crippen LogP contribution in [0.5, 0.6) is 0 Å². The van der Waals surface area contributed by atoms with Crippen LogP contribution in [-0.2, 0) is 0 Å². The summed E-state index contributed by atoms with van der Waals surface area (Å²) in [6.07, 6.45) is 9.38. The van der Waals surface area contributed by atoms with Crippen LogP contribution in [0.4, 0.5) is 4.39 Å². The highest BCUT2D eigenvalue weighted by Crippen LogP contribution is 2.30. The molecule has 0 saturated carbocycles. The zero-order valence-corrected chi connectivity index (χ0v) is 12.5. The summed E-state index contributed by atoms with van der Waals surface area (Å²) >= 11 is 3.18. The molecule has 0 aromatic heterocycles. The van der Waals surface area contributed by atoms with Crippen molar-refractivity contribution in [1.82, 2.24) is 5.43 Å². The number of hydrogen-bond donors (Lipinski definition) is 2.